The van der Waals surface area contributed by atoms with Crippen LogP contribution in [-0.4, -0.2) is 48.7 Å². The zero-order valence-electron chi connectivity index (χ0n) is 7.31. The maximum atomic E-state index is 10.7. The zero-order valence-corrected chi connectivity index (χ0v) is 7.31. The molecule has 0 amide bonds. The van der Waals surface area contributed by atoms with E-state index in [1.807, 2.05) is 0 Å². The second-order valence-electron chi connectivity index (χ2n) is 2.98. The van der Waals surface area contributed by atoms with Crippen molar-refractivity contribution in [2.24, 2.45) is 5.92 Å². The Kier molecular flexibility index (Phi) is 4.14. The molecule has 0 aromatic rings. The summed E-state index contributed by atoms with van der Waals surface area (Å²) in [6, 6.07) is 0. The van der Waals surface area contributed by atoms with Gasteiger partial charge in [-0.25, -0.2) is 4.79 Å². The normalized spacial score (nSPS) is 24.5. The van der Waals surface area contributed by atoms with Crippen LogP contribution in [0, 0.1) is 5.92 Å². The fraction of sp³-hybridized carbons (Fsp3) is 0.875. The number of carboxylic acids is 1. The summed E-state index contributed by atoms with van der Waals surface area (Å²) in [6.45, 7) is 0.935. The maximum absolute atomic E-state index is 10.7. The molecule has 0 aliphatic carbocycles. The van der Waals surface area contributed by atoms with Crippen molar-refractivity contribution in [2.45, 2.75) is 12.5 Å². The third-order valence-corrected chi connectivity index (χ3v) is 2.03. The van der Waals surface area contributed by atoms with E-state index in [9.17, 15) is 4.79 Å². The Hall–Kier alpha value is -0.650. The molecule has 13 heavy (non-hydrogen) atoms. The van der Waals surface area contributed by atoms with E-state index < -0.39 is 12.1 Å². The summed E-state index contributed by atoms with van der Waals surface area (Å²) in [5.74, 6) is -1.06. The van der Waals surface area contributed by atoms with Crippen LogP contribution in [0.5, 0.6) is 0 Å². The van der Waals surface area contributed by atoms with E-state index >= 15 is 0 Å². The zero-order chi connectivity index (χ0) is 9.68. The number of hydrogen-bond acceptors (Lipinski definition) is 4. The summed E-state index contributed by atoms with van der Waals surface area (Å²) >= 11 is 0. The van der Waals surface area contributed by atoms with Crippen molar-refractivity contribution in [3.8, 4) is 0 Å². The molecule has 0 saturated carbocycles. The summed E-state index contributed by atoms with van der Waals surface area (Å²) in [6.07, 6.45) is -0.128. The first-order valence-corrected chi connectivity index (χ1v) is 4.28. The minimum Gasteiger partial charge on any atom is -0.479 e. The van der Waals surface area contributed by atoms with Crippen molar-refractivity contribution in [1.82, 2.24) is 0 Å². The first-order valence-electron chi connectivity index (χ1n) is 4.28. The molecule has 1 saturated heterocycles. The predicted octanol–water partition coefficient (Wildman–Crippen LogP) is -0.515. The highest BCUT2D eigenvalue weighted by molar-refractivity contribution is 5.72. The van der Waals surface area contributed by atoms with Gasteiger partial charge in [0.2, 0.25) is 0 Å². The Labute approximate surface area is 76.3 Å². The fourth-order valence-corrected chi connectivity index (χ4v) is 1.38. The number of aliphatic hydroxyl groups is 1. The topological polar surface area (TPSA) is 76.0 Å². The maximum Gasteiger partial charge on any atom is 0.333 e. The van der Waals surface area contributed by atoms with Gasteiger partial charge in [0.25, 0.3) is 0 Å². The number of aliphatic carboxylic acids is 1. The molecule has 0 spiro atoms. The lowest BCUT2D eigenvalue weighted by Crippen LogP contribution is -2.33. The molecule has 2 atom stereocenters. The Morgan fingerprint density at radius 2 is 2.46 bits per heavy atom. The van der Waals surface area contributed by atoms with Gasteiger partial charge in [0.1, 0.15) is 0 Å². The molecule has 2 unspecified atom stereocenters. The quantitative estimate of drug-likeness (QED) is 0.610. The lowest BCUT2D eigenvalue weighted by molar-refractivity contribution is -0.155. The highest BCUT2D eigenvalue weighted by Gasteiger charge is 2.31. The lowest BCUT2D eigenvalue weighted by Gasteiger charge is -2.17. The van der Waals surface area contributed by atoms with E-state index in [1.165, 1.54) is 0 Å². The molecule has 0 bridgehead atoms. The Morgan fingerprint density at radius 3 is 2.92 bits per heavy atom. The standard InChI is InChI=1S/C8H14O5/c9-2-4-13-7(8(10)11)6-1-3-12-5-6/h6-7,9H,1-5H2,(H,10,11). The molecule has 2 N–H and O–H groups in total. The van der Waals surface area contributed by atoms with Crippen LogP contribution >= 0.6 is 0 Å². The van der Waals surface area contributed by atoms with E-state index in [0.717, 1.165) is 0 Å². The summed E-state index contributed by atoms with van der Waals surface area (Å²) in [4.78, 5) is 10.7. The molecule has 1 aliphatic heterocycles. The molecule has 1 fully saturated rings. The van der Waals surface area contributed by atoms with Gasteiger partial charge >= 0.3 is 5.97 Å². The molecule has 0 aromatic carbocycles. The van der Waals surface area contributed by atoms with Gasteiger partial charge in [0, 0.05) is 12.5 Å². The molecule has 0 aromatic heterocycles. The van der Waals surface area contributed by atoms with E-state index in [4.69, 9.17) is 19.7 Å². The van der Waals surface area contributed by atoms with Crippen molar-refractivity contribution in [1.29, 1.82) is 0 Å². The van der Waals surface area contributed by atoms with Gasteiger partial charge in [-0.1, -0.05) is 0 Å². The average Bonchev–Trinajstić information content (AvgIpc) is 2.57. The van der Waals surface area contributed by atoms with E-state index in [0.29, 0.717) is 19.6 Å². The largest absolute Gasteiger partial charge is 0.479 e. The van der Waals surface area contributed by atoms with Crippen LogP contribution in [0.3, 0.4) is 0 Å². The highest BCUT2D eigenvalue weighted by Crippen LogP contribution is 2.19. The summed E-state index contributed by atoms with van der Waals surface area (Å²) in [5, 5.41) is 17.3. The van der Waals surface area contributed by atoms with Crippen LogP contribution in [0.25, 0.3) is 0 Å². The Morgan fingerprint density at radius 1 is 1.69 bits per heavy atom. The SMILES string of the molecule is O=C(O)C(OCCO)C1CCOC1. The molecular weight excluding hydrogens is 176 g/mol. The number of rotatable bonds is 5. The van der Waals surface area contributed by atoms with Gasteiger partial charge in [0.05, 0.1) is 19.8 Å². The van der Waals surface area contributed by atoms with E-state index in [1.54, 1.807) is 0 Å². The third kappa shape index (κ3) is 2.95. The van der Waals surface area contributed by atoms with Crippen LogP contribution in [0.4, 0.5) is 0 Å². The van der Waals surface area contributed by atoms with Crippen molar-refractivity contribution in [2.75, 3.05) is 26.4 Å². The summed E-state index contributed by atoms with van der Waals surface area (Å²) in [5.41, 5.74) is 0. The van der Waals surface area contributed by atoms with Crippen molar-refractivity contribution in [3.63, 3.8) is 0 Å². The number of carboxylic acid groups (broad SMARTS) is 1. The lowest BCUT2D eigenvalue weighted by atomic mass is 10.0. The monoisotopic (exact) mass is 190 g/mol. The molecular formula is C8H14O5. The van der Waals surface area contributed by atoms with Crippen molar-refractivity contribution < 1.29 is 24.5 Å². The second-order valence-corrected chi connectivity index (χ2v) is 2.98. The van der Waals surface area contributed by atoms with E-state index in [2.05, 4.69) is 0 Å². The molecule has 1 rings (SSSR count). The van der Waals surface area contributed by atoms with Crippen LogP contribution in [-0.2, 0) is 14.3 Å². The number of hydrogen-bond donors (Lipinski definition) is 2. The highest BCUT2D eigenvalue weighted by atomic mass is 16.5. The number of ether oxygens (including phenoxy) is 2. The molecule has 5 heteroatoms. The first kappa shape index (κ1) is 10.4. The first-order chi connectivity index (χ1) is 6.25. The van der Waals surface area contributed by atoms with E-state index in [-0.39, 0.29) is 19.1 Å². The molecule has 1 heterocycles. The van der Waals surface area contributed by atoms with Gasteiger partial charge in [-0.2, -0.15) is 0 Å². The van der Waals surface area contributed by atoms with Crippen LogP contribution in [0.15, 0.2) is 0 Å². The van der Waals surface area contributed by atoms with Crippen LogP contribution in [0.2, 0.25) is 0 Å². The summed E-state index contributed by atoms with van der Waals surface area (Å²) in [7, 11) is 0. The Balaban J connectivity index is 2.40. The minimum absolute atomic E-state index is 0.0630. The second kappa shape index (κ2) is 5.16. The minimum atomic E-state index is -0.982. The summed E-state index contributed by atoms with van der Waals surface area (Å²) < 4.78 is 10.1. The van der Waals surface area contributed by atoms with Crippen LogP contribution < -0.4 is 0 Å². The predicted molar refractivity (Wildman–Crippen MR) is 43.4 cm³/mol. The molecule has 5 nitrogen and oxygen atoms in total. The van der Waals surface area contributed by atoms with Crippen molar-refractivity contribution >= 4 is 5.97 Å². The van der Waals surface area contributed by atoms with Crippen LogP contribution in [0.1, 0.15) is 6.42 Å². The van der Waals surface area contributed by atoms with Gasteiger partial charge in [-0.05, 0) is 6.42 Å². The third-order valence-electron chi connectivity index (χ3n) is 2.03. The molecule has 1 aliphatic rings. The van der Waals surface area contributed by atoms with Gasteiger partial charge < -0.3 is 19.7 Å². The number of carbonyl (C=O) groups is 1. The molecule has 0 radical (unpaired) electrons. The van der Waals surface area contributed by atoms with Gasteiger partial charge in [0.15, 0.2) is 6.10 Å². The van der Waals surface area contributed by atoms with Gasteiger partial charge in [-0.15, -0.1) is 0 Å². The Bertz CT molecular complexity index is 164. The fourth-order valence-electron chi connectivity index (χ4n) is 1.38. The smallest absolute Gasteiger partial charge is 0.333 e. The molecule has 76 valence electrons. The van der Waals surface area contributed by atoms with Crippen molar-refractivity contribution in [3.05, 3.63) is 0 Å². The average molecular weight is 190 g/mol. The van der Waals surface area contributed by atoms with Gasteiger partial charge in [-0.3, -0.25) is 0 Å². The number of aliphatic hydroxyl groups excluding tert-OH is 1.